The second-order valence-corrected chi connectivity index (χ2v) is 3.62. The van der Waals surface area contributed by atoms with Crippen molar-refractivity contribution >= 4 is 17.5 Å². The van der Waals surface area contributed by atoms with Crippen molar-refractivity contribution < 1.29 is 5.11 Å². The number of H-pyrrole nitrogens is 1. The fourth-order valence-electron chi connectivity index (χ4n) is 1.43. The maximum atomic E-state index is 8.87. The van der Waals surface area contributed by atoms with Crippen LogP contribution in [0.4, 0.5) is 17.5 Å². The first kappa shape index (κ1) is 11.4. The first-order chi connectivity index (χ1) is 8.29. The largest absolute Gasteiger partial charge is 0.395 e. The van der Waals surface area contributed by atoms with Gasteiger partial charge >= 0.3 is 0 Å². The van der Waals surface area contributed by atoms with Crippen molar-refractivity contribution in [3.05, 3.63) is 30.7 Å². The van der Waals surface area contributed by atoms with Gasteiger partial charge in [-0.1, -0.05) is 0 Å². The molecule has 90 valence electrons. The fourth-order valence-corrected chi connectivity index (χ4v) is 1.43. The molecule has 0 aliphatic carbocycles. The molecule has 0 saturated heterocycles. The van der Waals surface area contributed by atoms with Crippen LogP contribution in [-0.4, -0.2) is 40.3 Å². The normalized spacial score (nSPS) is 10.2. The molecule has 0 aromatic carbocycles. The third-order valence-corrected chi connectivity index (χ3v) is 2.34. The van der Waals surface area contributed by atoms with E-state index in [4.69, 9.17) is 5.11 Å². The molecule has 0 fully saturated rings. The van der Waals surface area contributed by atoms with Gasteiger partial charge in [0.15, 0.2) is 0 Å². The van der Waals surface area contributed by atoms with Gasteiger partial charge in [0.1, 0.15) is 23.8 Å². The molecule has 0 aliphatic rings. The first-order valence-corrected chi connectivity index (χ1v) is 5.34. The Morgan fingerprint density at radius 2 is 2.35 bits per heavy atom. The summed E-state index contributed by atoms with van der Waals surface area (Å²) in [5.74, 6) is 2.35. The number of hydrogen-bond acceptors (Lipinski definition) is 5. The van der Waals surface area contributed by atoms with E-state index in [9.17, 15) is 0 Å². The zero-order chi connectivity index (χ0) is 12.1. The predicted octanol–water partition coefficient (Wildman–Crippen LogP) is 0.977. The smallest absolute Gasteiger partial charge is 0.136 e. The minimum atomic E-state index is 0.0971. The third kappa shape index (κ3) is 2.94. The quantitative estimate of drug-likeness (QED) is 0.717. The molecule has 0 radical (unpaired) electrons. The van der Waals surface area contributed by atoms with E-state index in [1.807, 2.05) is 36.3 Å². The molecule has 2 aromatic heterocycles. The average Bonchev–Trinajstić information content (AvgIpc) is 2.82. The fraction of sp³-hybridized carbons (Fsp3) is 0.273. The molecule has 2 aromatic rings. The lowest BCUT2D eigenvalue weighted by Gasteiger charge is -2.16. The number of aromatic amines is 1. The van der Waals surface area contributed by atoms with Crippen LogP contribution in [0.15, 0.2) is 30.7 Å². The number of hydrogen-bond donors (Lipinski definition) is 3. The summed E-state index contributed by atoms with van der Waals surface area (Å²) in [5.41, 5.74) is 0. The highest BCUT2D eigenvalue weighted by atomic mass is 16.3. The van der Waals surface area contributed by atoms with Crippen LogP contribution in [-0.2, 0) is 0 Å². The third-order valence-electron chi connectivity index (χ3n) is 2.34. The van der Waals surface area contributed by atoms with Crippen LogP contribution < -0.4 is 10.2 Å². The summed E-state index contributed by atoms with van der Waals surface area (Å²) >= 11 is 0. The van der Waals surface area contributed by atoms with Crippen LogP contribution in [0.5, 0.6) is 0 Å². The van der Waals surface area contributed by atoms with Gasteiger partial charge in [0, 0.05) is 25.9 Å². The first-order valence-electron chi connectivity index (χ1n) is 5.34. The highest BCUT2D eigenvalue weighted by Crippen LogP contribution is 2.15. The molecule has 0 aliphatic heterocycles. The highest BCUT2D eigenvalue weighted by molar-refractivity contribution is 5.56. The summed E-state index contributed by atoms with van der Waals surface area (Å²) in [6, 6.07) is 5.65. The summed E-state index contributed by atoms with van der Waals surface area (Å²) in [5, 5.41) is 12.0. The maximum Gasteiger partial charge on any atom is 0.136 e. The van der Waals surface area contributed by atoms with Crippen LogP contribution >= 0.6 is 0 Å². The minimum absolute atomic E-state index is 0.0971. The summed E-state index contributed by atoms with van der Waals surface area (Å²) in [6.07, 6.45) is 3.33. The van der Waals surface area contributed by atoms with E-state index < -0.39 is 0 Å². The lowest BCUT2D eigenvalue weighted by molar-refractivity contribution is 0.304. The Morgan fingerprint density at radius 1 is 1.47 bits per heavy atom. The molecule has 0 atom stereocenters. The Labute approximate surface area is 99.3 Å². The van der Waals surface area contributed by atoms with Crippen molar-refractivity contribution in [2.45, 2.75) is 0 Å². The molecule has 0 bridgehead atoms. The predicted molar refractivity (Wildman–Crippen MR) is 66.5 cm³/mol. The Balaban J connectivity index is 2.11. The Hall–Kier alpha value is -2.08. The molecular formula is C11H15N5O. The Kier molecular flexibility index (Phi) is 3.56. The van der Waals surface area contributed by atoms with Gasteiger partial charge in [0.25, 0.3) is 0 Å². The second kappa shape index (κ2) is 5.31. The summed E-state index contributed by atoms with van der Waals surface area (Å²) < 4.78 is 0. The zero-order valence-corrected chi connectivity index (χ0v) is 9.59. The molecular weight excluding hydrogens is 218 g/mol. The van der Waals surface area contributed by atoms with Crippen LogP contribution in [0.1, 0.15) is 0 Å². The second-order valence-electron chi connectivity index (χ2n) is 3.62. The molecule has 0 amide bonds. The lowest BCUT2D eigenvalue weighted by Crippen LogP contribution is -2.22. The summed E-state index contributed by atoms with van der Waals surface area (Å²) in [4.78, 5) is 13.2. The van der Waals surface area contributed by atoms with E-state index in [1.165, 1.54) is 6.33 Å². The van der Waals surface area contributed by atoms with Crippen LogP contribution in [0.3, 0.4) is 0 Å². The van der Waals surface area contributed by atoms with Crippen LogP contribution in [0.25, 0.3) is 0 Å². The van der Waals surface area contributed by atoms with Crippen molar-refractivity contribution in [2.24, 2.45) is 0 Å². The minimum Gasteiger partial charge on any atom is -0.395 e. The number of rotatable bonds is 5. The van der Waals surface area contributed by atoms with Gasteiger partial charge in [-0.3, -0.25) is 0 Å². The van der Waals surface area contributed by atoms with E-state index in [-0.39, 0.29) is 6.61 Å². The van der Waals surface area contributed by atoms with Gasteiger partial charge in [0.2, 0.25) is 0 Å². The number of nitrogens with zero attached hydrogens (tertiary/aromatic N) is 3. The van der Waals surface area contributed by atoms with Gasteiger partial charge < -0.3 is 20.3 Å². The molecule has 3 N–H and O–H groups in total. The summed E-state index contributed by atoms with van der Waals surface area (Å²) in [7, 11) is 1.87. The number of aromatic nitrogens is 3. The van der Waals surface area contributed by atoms with E-state index in [0.29, 0.717) is 12.4 Å². The standard InChI is InChI=1S/C11H15N5O/c1-16(5-6-17)11-7-10(13-8-14-11)15-9-3-2-4-12-9/h2-4,7-8,12,17H,5-6H2,1H3,(H,13,14,15). The van der Waals surface area contributed by atoms with Crippen molar-refractivity contribution in [3.8, 4) is 0 Å². The van der Waals surface area contributed by atoms with E-state index in [1.54, 1.807) is 0 Å². The SMILES string of the molecule is CN(CCO)c1cc(Nc2ccc[nH]2)ncn1. The molecule has 0 spiro atoms. The van der Waals surface area contributed by atoms with Gasteiger partial charge in [-0.2, -0.15) is 0 Å². The van der Waals surface area contributed by atoms with Crippen LogP contribution in [0.2, 0.25) is 0 Å². The number of nitrogens with one attached hydrogen (secondary N) is 2. The Morgan fingerprint density at radius 3 is 3.06 bits per heavy atom. The number of anilines is 3. The maximum absolute atomic E-state index is 8.87. The molecule has 2 rings (SSSR count). The molecule has 0 unspecified atom stereocenters. The van der Waals surface area contributed by atoms with Gasteiger partial charge in [-0.25, -0.2) is 9.97 Å². The summed E-state index contributed by atoms with van der Waals surface area (Å²) in [6.45, 7) is 0.638. The number of aliphatic hydroxyl groups excluding tert-OH is 1. The monoisotopic (exact) mass is 233 g/mol. The topological polar surface area (TPSA) is 77.1 Å². The molecule has 0 saturated carbocycles. The van der Waals surface area contributed by atoms with Crippen molar-refractivity contribution in [2.75, 3.05) is 30.4 Å². The zero-order valence-electron chi connectivity index (χ0n) is 9.59. The molecule has 6 nitrogen and oxygen atoms in total. The lowest BCUT2D eigenvalue weighted by atomic mass is 10.4. The van der Waals surface area contributed by atoms with Crippen molar-refractivity contribution in [3.63, 3.8) is 0 Å². The van der Waals surface area contributed by atoms with E-state index >= 15 is 0 Å². The van der Waals surface area contributed by atoms with Crippen molar-refractivity contribution in [1.82, 2.24) is 15.0 Å². The van der Waals surface area contributed by atoms with Gasteiger partial charge in [-0.15, -0.1) is 0 Å². The van der Waals surface area contributed by atoms with Crippen LogP contribution in [0, 0.1) is 0 Å². The van der Waals surface area contributed by atoms with E-state index in [2.05, 4.69) is 20.3 Å². The number of aliphatic hydroxyl groups is 1. The highest BCUT2D eigenvalue weighted by Gasteiger charge is 2.04. The number of likely N-dealkylation sites (N-methyl/N-ethyl adjacent to an activating group) is 1. The van der Waals surface area contributed by atoms with Gasteiger partial charge in [0.05, 0.1) is 6.61 Å². The van der Waals surface area contributed by atoms with E-state index in [0.717, 1.165) is 11.6 Å². The molecule has 2 heterocycles. The Bertz CT molecular complexity index is 457. The van der Waals surface area contributed by atoms with Gasteiger partial charge in [-0.05, 0) is 12.1 Å². The molecule has 17 heavy (non-hydrogen) atoms. The molecule has 6 heteroatoms. The average molecular weight is 233 g/mol. The van der Waals surface area contributed by atoms with Crippen molar-refractivity contribution in [1.29, 1.82) is 0 Å².